The first-order valence-electron chi connectivity index (χ1n) is 12.6. The zero-order valence-corrected chi connectivity index (χ0v) is 26.7. The van der Waals surface area contributed by atoms with E-state index in [1.165, 1.54) is 24.3 Å². The number of aryl methyl sites for hydroxylation is 2. The van der Waals surface area contributed by atoms with Gasteiger partial charge in [0.05, 0.1) is 33.1 Å². The molecule has 3 aromatic rings. The first-order chi connectivity index (χ1) is 20.0. The average molecular weight is 719 g/mol. The van der Waals surface area contributed by atoms with Gasteiger partial charge in [0.1, 0.15) is 0 Å². The molecule has 3 amide bonds. The summed E-state index contributed by atoms with van der Waals surface area (Å²) in [5.41, 5.74) is 3.84. The highest BCUT2D eigenvalue weighted by atomic mass is 79.9. The van der Waals surface area contributed by atoms with Crippen molar-refractivity contribution < 1.29 is 28.8 Å². The maximum absolute atomic E-state index is 13.0. The van der Waals surface area contributed by atoms with Gasteiger partial charge in [0.15, 0.2) is 18.1 Å². The molecule has 0 atom stereocenters. The van der Waals surface area contributed by atoms with Crippen LogP contribution in [0.2, 0.25) is 0 Å². The molecule has 0 spiro atoms. The number of imide groups is 1. The lowest BCUT2D eigenvalue weighted by Crippen LogP contribution is -2.27. The van der Waals surface area contributed by atoms with Gasteiger partial charge in [0, 0.05) is 16.6 Å². The number of thioether (sulfide) groups is 1. The number of nitrogens with one attached hydrogen (secondary N) is 1. The van der Waals surface area contributed by atoms with Crippen LogP contribution in [-0.2, 0) is 16.1 Å². The minimum atomic E-state index is -0.516. The van der Waals surface area contributed by atoms with E-state index in [4.69, 9.17) is 9.47 Å². The van der Waals surface area contributed by atoms with Gasteiger partial charge in [-0.05, 0) is 117 Å². The highest BCUT2D eigenvalue weighted by Crippen LogP contribution is 2.40. The Morgan fingerprint density at radius 2 is 1.74 bits per heavy atom. The number of amides is 3. The summed E-state index contributed by atoms with van der Waals surface area (Å²) in [6, 6.07) is 12.8. The third-order valence-electron chi connectivity index (χ3n) is 6.20. The van der Waals surface area contributed by atoms with E-state index in [2.05, 4.69) is 37.2 Å². The summed E-state index contributed by atoms with van der Waals surface area (Å²) in [4.78, 5) is 50.0. The molecule has 0 radical (unpaired) electrons. The number of non-ortho nitro benzene ring substituents is 1. The number of carbonyl (C=O) groups is 3. The Morgan fingerprint density at radius 3 is 2.40 bits per heavy atom. The van der Waals surface area contributed by atoms with Crippen LogP contribution in [0.1, 0.15) is 29.2 Å². The monoisotopic (exact) mass is 717 g/mol. The fourth-order valence-corrected chi connectivity index (χ4v) is 5.94. The second-order valence-electron chi connectivity index (χ2n) is 9.21. The zero-order valence-electron chi connectivity index (χ0n) is 22.7. The summed E-state index contributed by atoms with van der Waals surface area (Å²) in [7, 11) is 0. The Bertz CT molecular complexity index is 1610. The van der Waals surface area contributed by atoms with Crippen LogP contribution in [0.5, 0.6) is 11.5 Å². The highest BCUT2D eigenvalue weighted by molar-refractivity contribution is 9.11. The summed E-state index contributed by atoms with van der Waals surface area (Å²) in [5, 5.41) is 13.3. The number of hydrogen-bond acceptors (Lipinski definition) is 8. The molecule has 4 rings (SSSR count). The van der Waals surface area contributed by atoms with Crippen LogP contribution in [0.15, 0.2) is 62.4 Å². The normalized spacial score (nSPS) is 13.9. The molecule has 1 heterocycles. The van der Waals surface area contributed by atoms with Crippen molar-refractivity contribution in [3.63, 3.8) is 0 Å². The van der Waals surface area contributed by atoms with E-state index < -0.39 is 16.1 Å². The lowest BCUT2D eigenvalue weighted by Gasteiger charge is -2.15. The van der Waals surface area contributed by atoms with Crippen molar-refractivity contribution in [2.24, 2.45) is 0 Å². The minimum absolute atomic E-state index is 0.0124. The van der Waals surface area contributed by atoms with Crippen molar-refractivity contribution in [2.75, 3.05) is 18.5 Å². The summed E-state index contributed by atoms with van der Waals surface area (Å²) < 4.78 is 12.8. The molecule has 0 aliphatic carbocycles. The Kier molecular flexibility index (Phi) is 10.1. The summed E-state index contributed by atoms with van der Waals surface area (Å²) in [6.07, 6.45) is 1.57. The van der Waals surface area contributed by atoms with Gasteiger partial charge in [-0.3, -0.25) is 29.4 Å². The van der Waals surface area contributed by atoms with Crippen molar-refractivity contribution in [1.82, 2.24) is 4.90 Å². The maximum Gasteiger partial charge on any atom is 0.293 e. The van der Waals surface area contributed by atoms with Crippen molar-refractivity contribution in [2.45, 2.75) is 27.3 Å². The molecule has 0 unspecified atom stereocenters. The molecule has 0 bridgehead atoms. The number of ether oxygens (including phenoxy) is 2. The highest BCUT2D eigenvalue weighted by Gasteiger charge is 2.35. The first kappa shape index (κ1) is 31.3. The number of nitrogens with zero attached hydrogens (tertiary/aromatic N) is 2. The van der Waals surface area contributed by atoms with Crippen LogP contribution in [0.25, 0.3) is 6.08 Å². The number of anilines is 1. The molecule has 0 aromatic heterocycles. The van der Waals surface area contributed by atoms with Crippen molar-refractivity contribution in [1.29, 1.82) is 0 Å². The molecule has 218 valence electrons. The SMILES string of the molecule is CCOc1cc(/C=C2\SC(=O)N(Cc3ccc([N+](=O)[O-])cc3)C2=O)cc(Br)c1OCC(=O)Nc1cc(C)c(C)cc1Br. The molecule has 1 fully saturated rings. The number of nitro benzene ring substituents is 1. The van der Waals surface area contributed by atoms with Crippen LogP contribution in [0.4, 0.5) is 16.2 Å². The number of halogens is 2. The molecular weight excluding hydrogens is 694 g/mol. The van der Waals surface area contributed by atoms with E-state index in [-0.39, 0.29) is 29.7 Å². The number of carbonyl (C=O) groups excluding carboxylic acids is 3. The second-order valence-corrected chi connectivity index (χ2v) is 11.9. The van der Waals surface area contributed by atoms with Crippen LogP contribution < -0.4 is 14.8 Å². The van der Waals surface area contributed by atoms with Gasteiger partial charge < -0.3 is 14.8 Å². The van der Waals surface area contributed by atoms with E-state index in [0.29, 0.717) is 39.4 Å². The fourth-order valence-electron chi connectivity index (χ4n) is 3.97. The van der Waals surface area contributed by atoms with Crippen molar-refractivity contribution in [3.8, 4) is 11.5 Å². The van der Waals surface area contributed by atoms with Crippen molar-refractivity contribution >= 4 is 78.1 Å². The smallest absolute Gasteiger partial charge is 0.293 e. The van der Waals surface area contributed by atoms with Crippen LogP contribution >= 0.6 is 43.6 Å². The van der Waals surface area contributed by atoms with Gasteiger partial charge in [-0.15, -0.1) is 0 Å². The van der Waals surface area contributed by atoms with E-state index in [0.717, 1.165) is 32.3 Å². The average Bonchev–Trinajstić information content (AvgIpc) is 3.19. The van der Waals surface area contributed by atoms with E-state index >= 15 is 0 Å². The van der Waals surface area contributed by atoms with Gasteiger partial charge >= 0.3 is 0 Å². The number of hydrogen-bond donors (Lipinski definition) is 1. The van der Waals surface area contributed by atoms with Gasteiger partial charge in [-0.2, -0.15) is 0 Å². The molecule has 1 N–H and O–H groups in total. The Hall–Kier alpha value is -3.68. The largest absolute Gasteiger partial charge is 0.490 e. The van der Waals surface area contributed by atoms with E-state index in [1.54, 1.807) is 25.1 Å². The molecule has 1 saturated heterocycles. The Morgan fingerprint density at radius 1 is 1.05 bits per heavy atom. The van der Waals surface area contributed by atoms with Gasteiger partial charge in [-0.25, -0.2) is 0 Å². The quantitative estimate of drug-likeness (QED) is 0.131. The number of nitro groups is 1. The maximum atomic E-state index is 13.0. The molecule has 42 heavy (non-hydrogen) atoms. The van der Waals surface area contributed by atoms with Crippen LogP contribution in [0, 0.1) is 24.0 Å². The minimum Gasteiger partial charge on any atom is -0.490 e. The number of rotatable bonds is 10. The third-order valence-corrected chi connectivity index (χ3v) is 8.35. The second kappa shape index (κ2) is 13.5. The Labute approximate surface area is 262 Å². The summed E-state index contributed by atoms with van der Waals surface area (Å²) in [5.74, 6) is -0.177. The Balaban J connectivity index is 1.48. The predicted molar refractivity (Wildman–Crippen MR) is 168 cm³/mol. The molecular formula is C29H25Br2N3O7S. The standard InChI is InChI=1S/C29H25Br2N3O7S/c1-4-40-24-12-19(11-22(31)27(24)41-15-26(35)32-23-10-17(3)16(2)9-21(23)30)13-25-28(36)33(29(37)42-25)14-18-5-7-20(8-6-18)34(38)39/h5-13H,4,14-15H2,1-3H3,(H,32,35)/b25-13-. The molecule has 13 heteroatoms. The molecule has 10 nitrogen and oxygen atoms in total. The van der Waals surface area contributed by atoms with E-state index in [9.17, 15) is 24.5 Å². The third kappa shape index (κ3) is 7.39. The van der Waals surface area contributed by atoms with Crippen LogP contribution in [0.3, 0.4) is 0 Å². The fraction of sp³-hybridized carbons (Fsp3) is 0.207. The summed E-state index contributed by atoms with van der Waals surface area (Å²) >= 11 is 7.74. The van der Waals surface area contributed by atoms with Crippen molar-refractivity contribution in [3.05, 3.63) is 94.7 Å². The topological polar surface area (TPSA) is 128 Å². The molecule has 1 aliphatic rings. The molecule has 0 saturated carbocycles. The first-order valence-corrected chi connectivity index (χ1v) is 15.0. The summed E-state index contributed by atoms with van der Waals surface area (Å²) in [6.45, 7) is 5.77. The van der Waals surface area contributed by atoms with E-state index in [1.807, 2.05) is 26.0 Å². The van der Waals surface area contributed by atoms with Crippen LogP contribution in [-0.4, -0.2) is 40.1 Å². The van der Waals surface area contributed by atoms with Gasteiger partial charge in [0.25, 0.3) is 22.7 Å². The van der Waals surface area contributed by atoms with Gasteiger partial charge in [-0.1, -0.05) is 12.1 Å². The lowest BCUT2D eigenvalue weighted by molar-refractivity contribution is -0.384. The lowest BCUT2D eigenvalue weighted by atomic mass is 10.1. The van der Waals surface area contributed by atoms with Gasteiger partial charge in [0.2, 0.25) is 0 Å². The molecule has 1 aliphatic heterocycles. The zero-order chi connectivity index (χ0) is 30.6. The molecule has 3 aromatic carbocycles. The predicted octanol–water partition coefficient (Wildman–Crippen LogP) is 7.39. The number of benzene rings is 3.